The number of aromatic amines is 1. The molecule has 0 spiro atoms. The van der Waals surface area contributed by atoms with Gasteiger partial charge in [0, 0.05) is 42.4 Å². The number of hydrogen-bond donors (Lipinski definition) is 2. The molecule has 1 amide bonds. The molecule has 0 aliphatic carbocycles. The smallest absolute Gasteiger partial charge is 0.258 e. The number of amides is 1. The third-order valence-electron chi connectivity index (χ3n) is 5.97. The van der Waals surface area contributed by atoms with Crippen LogP contribution in [-0.4, -0.2) is 40.0 Å². The number of nitrogens with zero attached hydrogens (tertiary/aromatic N) is 3. The van der Waals surface area contributed by atoms with Crippen molar-refractivity contribution in [2.45, 2.75) is 19.4 Å². The Kier molecular flexibility index (Phi) is 5.94. The van der Waals surface area contributed by atoms with Crippen molar-refractivity contribution in [1.29, 1.82) is 0 Å². The third-order valence-corrected chi connectivity index (χ3v) is 6.18. The Hall–Kier alpha value is -3.85. The van der Waals surface area contributed by atoms with Gasteiger partial charge < -0.3 is 15.2 Å². The molecular weight excluding hydrogens is 476 g/mol. The largest absolute Gasteiger partial charge is 0.356 e. The molecule has 10 heteroatoms. The molecule has 1 fully saturated rings. The van der Waals surface area contributed by atoms with Gasteiger partial charge in [-0.15, -0.1) is 0 Å². The minimum absolute atomic E-state index is 0.112. The molecule has 1 aliphatic heterocycles. The van der Waals surface area contributed by atoms with Gasteiger partial charge in [0.1, 0.15) is 29.0 Å². The maximum Gasteiger partial charge on any atom is 0.258 e. The number of hydrogen-bond acceptors (Lipinski definition) is 5. The number of piperazine rings is 1. The first-order valence-electron chi connectivity index (χ1n) is 11.0. The molecule has 1 aliphatic rings. The van der Waals surface area contributed by atoms with Crippen LogP contribution in [-0.2, 0) is 11.2 Å². The quantitative estimate of drug-likeness (QED) is 0.449. The van der Waals surface area contributed by atoms with Crippen molar-refractivity contribution in [1.82, 2.24) is 20.3 Å². The van der Waals surface area contributed by atoms with Gasteiger partial charge in [-0.05, 0) is 42.8 Å². The van der Waals surface area contributed by atoms with Crippen molar-refractivity contribution in [2.75, 3.05) is 18.0 Å². The Morgan fingerprint density at radius 2 is 1.89 bits per heavy atom. The number of pyridine rings is 1. The van der Waals surface area contributed by atoms with E-state index in [1.54, 1.807) is 37.4 Å². The first-order valence-corrected chi connectivity index (χ1v) is 11.3. The summed E-state index contributed by atoms with van der Waals surface area (Å²) in [4.78, 5) is 38.8. The number of anilines is 1. The third kappa shape index (κ3) is 4.59. The highest BCUT2D eigenvalue weighted by Crippen LogP contribution is 2.30. The van der Waals surface area contributed by atoms with Gasteiger partial charge in [0.05, 0.1) is 16.8 Å². The first kappa shape index (κ1) is 22.9. The second-order valence-electron chi connectivity index (χ2n) is 8.38. The van der Waals surface area contributed by atoms with Gasteiger partial charge in [-0.2, -0.15) is 0 Å². The van der Waals surface area contributed by atoms with Gasteiger partial charge >= 0.3 is 0 Å². The summed E-state index contributed by atoms with van der Waals surface area (Å²) in [6.45, 7) is 2.81. The SMILES string of the molecule is C[C@@H]1C(=O)NCCN1c1cc(Cl)cc2c(=O)[nH]c(Cc3ccc(-c4cc(F)cc(F)c4)nc3)nc12. The zero-order valence-electron chi connectivity index (χ0n) is 18.6. The van der Waals surface area contributed by atoms with E-state index in [4.69, 9.17) is 16.6 Å². The van der Waals surface area contributed by atoms with Crippen molar-refractivity contribution < 1.29 is 13.6 Å². The molecule has 0 bridgehead atoms. The van der Waals surface area contributed by atoms with Crippen LogP contribution in [0.25, 0.3) is 22.2 Å². The molecule has 35 heavy (non-hydrogen) atoms. The lowest BCUT2D eigenvalue weighted by molar-refractivity contribution is -0.122. The molecule has 178 valence electrons. The fourth-order valence-corrected chi connectivity index (χ4v) is 4.46. The van der Waals surface area contributed by atoms with E-state index in [1.165, 1.54) is 12.1 Å². The Morgan fingerprint density at radius 3 is 2.60 bits per heavy atom. The molecule has 7 nitrogen and oxygen atoms in total. The number of benzene rings is 2. The number of H-pyrrole nitrogens is 1. The summed E-state index contributed by atoms with van der Waals surface area (Å²) in [5.41, 5.74) is 2.21. The average molecular weight is 496 g/mol. The standard InChI is InChI=1S/C25H20ClF2N5O2/c1-13-24(34)29-4-5-33(13)21-10-16(26)9-19-23(21)31-22(32-25(19)35)6-14-2-3-20(30-12-14)15-7-17(27)11-18(28)8-15/h2-3,7-13H,4-6H2,1H3,(H,29,34)(H,31,32,35)/t13-/m1/s1. The molecule has 2 aromatic carbocycles. The van der Waals surface area contributed by atoms with Gasteiger partial charge in [-0.1, -0.05) is 17.7 Å². The topological polar surface area (TPSA) is 91.0 Å². The van der Waals surface area contributed by atoms with E-state index in [2.05, 4.69) is 15.3 Å². The van der Waals surface area contributed by atoms with Gasteiger partial charge in [-0.25, -0.2) is 13.8 Å². The Labute approximate surface area is 203 Å². The zero-order chi connectivity index (χ0) is 24.7. The normalized spacial score (nSPS) is 15.9. The fraction of sp³-hybridized carbons (Fsp3) is 0.200. The molecule has 0 radical (unpaired) electrons. The van der Waals surface area contributed by atoms with Crippen LogP contribution in [0.5, 0.6) is 0 Å². The number of carbonyl (C=O) groups excluding carboxylic acids is 1. The second kappa shape index (κ2) is 9.07. The van der Waals surface area contributed by atoms with Crippen LogP contribution in [0.1, 0.15) is 18.3 Å². The van der Waals surface area contributed by atoms with E-state index in [0.717, 1.165) is 11.6 Å². The van der Waals surface area contributed by atoms with E-state index in [-0.39, 0.29) is 17.9 Å². The minimum Gasteiger partial charge on any atom is -0.356 e. The Balaban J connectivity index is 1.50. The summed E-state index contributed by atoms with van der Waals surface area (Å²) >= 11 is 6.29. The lowest BCUT2D eigenvalue weighted by Crippen LogP contribution is -2.54. The van der Waals surface area contributed by atoms with Crippen LogP contribution in [0.2, 0.25) is 5.02 Å². The van der Waals surface area contributed by atoms with Gasteiger partial charge in [0.25, 0.3) is 5.56 Å². The van der Waals surface area contributed by atoms with Crippen LogP contribution >= 0.6 is 11.6 Å². The predicted molar refractivity (Wildman–Crippen MR) is 130 cm³/mol. The summed E-state index contributed by atoms with van der Waals surface area (Å²) in [5.74, 6) is -1.06. The van der Waals surface area contributed by atoms with Crippen molar-refractivity contribution in [3.05, 3.63) is 87.1 Å². The summed E-state index contributed by atoms with van der Waals surface area (Å²) in [6.07, 6.45) is 1.84. The van der Waals surface area contributed by atoms with Crippen LogP contribution in [0.4, 0.5) is 14.5 Å². The van der Waals surface area contributed by atoms with Crippen LogP contribution < -0.4 is 15.8 Å². The van der Waals surface area contributed by atoms with Crippen molar-refractivity contribution in [2.24, 2.45) is 0 Å². The van der Waals surface area contributed by atoms with Gasteiger partial charge in [0.2, 0.25) is 5.91 Å². The van der Waals surface area contributed by atoms with Crippen LogP contribution in [0.3, 0.4) is 0 Å². The Morgan fingerprint density at radius 1 is 1.11 bits per heavy atom. The lowest BCUT2D eigenvalue weighted by Gasteiger charge is -2.35. The highest BCUT2D eigenvalue weighted by atomic mass is 35.5. The van der Waals surface area contributed by atoms with Crippen molar-refractivity contribution in [3.63, 3.8) is 0 Å². The van der Waals surface area contributed by atoms with Crippen LogP contribution in [0.15, 0.2) is 53.5 Å². The summed E-state index contributed by atoms with van der Waals surface area (Å²) < 4.78 is 27.1. The molecule has 4 aromatic rings. The molecule has 2 N–H and O–H groups in total. The molecule has 0 unspecified atom stereocenters. The summed E-state index contributed by atoms with van der Waals surface area (Å²) in [5, 5.41) is 3.53. The van der Waals surface area contributed by atoms with Crippen LogP contribution in [0, 0.1) is 11.6 Å². The molecule has 0 saturated carbocycles. The molecule has 5 rings (SSSR count). The van der Waals surface area contributed by atoms with E-state index >= 15 is 0 Å². The molecule has 3 heterocycles. The van der Waals surface area contributed by atoms with Crippen molar-refractivity contribution in [3.8, 4) is 11.3 Å². The average Bonchev–Trinajstić information content (AvgIpc) is 2.81. The maximum atomic E-state index is 13.5. The first-order chi connectivity index (χ1) is 16.8. The lowest BCUT2D eigenvalue weighted by atomic mass is 10.1. The second-order valence-corrected chi connectivity index (χ2v) is 8.82. The number of halogens is 3. The van der Waals surface area contributed by atoms with Gasteiger partial charge in [0.15, 0.2) is 0 Å². The molecular formula is C25H20ClF2N5O2. The monoisotopic (exact) mass is 495 g/mol. The fourth-order valence-electron chi connectivity index (χ4n) is 4.25. The number of aromatic nitrogens is 3. The zero-order valence-corrected chi connectivity index (χ0v) is 19.4. The summed E-state index contributed by atoms with van der Waals surface area (Å²) in [6, 6.07) is 9.46. The van der Waals surface area contributed by atoms with E-state index in [0.29, 0.717) is 51.8 Å². The van der Waals surface area contributed by atoms with E-state index < -0.39 is 17.7 Å². The molecule has 1 atom stereocenters. The highest BCUT2D eigenvalue weighted by molar-refractivity contribution is 6.31. The maximum absolute atomic E-state index is 13.5. The van der Waals surface area contributed by atoms with E-state index in [1.807, 2.05) is 4.90 Å². The summed E-state index contributed by atoms with van der Waals surface area (Å²) in [7, 11) is 0. The number of rotatable bonds is 4. The van der Waals surface area contributed by atoms with Crippen molar-refractivity contribution >= 4 is 34.1 Å². The number of carbonyl (C=O) groups is 1. The highest BCUT2D eigenvalue weighted by Gasteiger charge is 2.28. The predicted octanol–water partition coefficient (Wildman–Crippen LogP) is 3.83. The Bertz CT molecular complexity index is 1490. The number of nitrogens with one attached hydrogen (secondary N) is 2. The van der Waals surface area contributed by atoms with E-state index in [9.17, 15) is 18.4 Å². The molecule has 1 saturated heterocycles. The minimum atomic E-state index is -0.680. The molecule has 2 aromatic heterocycles. The van der Waals surface area contributed by atoms with Gasteiger partial charge in [-0.3, -0.25) is 14.6 Å². The number of fused-ring (bicyclic) bond motifs is 1.